The van der Waals surface area contributed by atoms with Crippen molar-refractivity contribution in [3.63, 3.8) is 0 Å². The fourth-order valence-corrected chi connectivity index (χ4v) is 7.15. The maximum atomic E-state index is 13.4. The lowest BCUT2D eigenvalue weighted by Gasteiger charge is -2.57. The molecule has 2 aliphatic heterocycles. The van der Waals surface area contributed by atoms with Crippen LogP contribution in [0, 0.1) is 5.41 Å². The third kappa shape index (κ3) is 3.23. The molecule has 4 aromatic rings. The number of fused-ring (bicyclic) bond motifs is 9. The third-order valence-corrected chi connectivity index (χ3v) is 8.93. The van der Waals surface area contributed by atoms with Crippen molar-refractivity contribution >= 4 is 11.7 Å². The summed E-state index contributed by atoms with van der Waals surface area (Å²) in [5.41, 5.74) is 10.1. The van der Waals surface area contributed by atoms with E-state index in [2.05, 4.69) is 15.0 Å². The van der Waals surface area contributed by atoms with E-state index in [1.165, 1.54) is 6.07 Å². The first kappa shape index (κ1) is 23.8. The van der Waals surface area contributed by atoms with Crippen molar-refractivity contribution in [2.24, 2.45) is 11.1 Å². The van der Waals surface area contributed by atoms with Crippen LogP contribution in [-0.4, -0.2) is 62.0 Å². The molecule has 2 bridgehead atoms. The maximum absolute atomic E-state index is 13.4. The molecule has 2 N–H and O–H groups in total. The van der Waals surface area contributed by atoms with Crippen molar-refractivity contribution in [3.05, 3.63) is 71.3 Å². The minimum atomic E-state index is -3.02. The van der Waals surface area contributed by atoms with Crippen molar-refractivity contribution in [2.45, 2.75) is 43.4 Å². The Labute approximate surface area is 227 Å². The Morgan fingerprint density at radius 3 is 2.58 bits per heavy atom. The Hall–Kier alpha value is -4.03. The largest absolute Gasteiger partial charge is 0.434 e. The van der Waals surface area contributed by atoms with Crippen LogP contribution in [0.1, 0.15) is 64.4 Å². The zero-order chi connectivity index (χ0) is 27.4. The number of aromatic nitrogens is 5. The van der Waals surface area contributed by atoms with Crippen molar-refractivity contribution in [1.29, 1.82) is 0 Å². The first-order valence-corrected chi connectivity index (χ1v) is 13.2. The van der Waals surface area contributed by atoms with E-state index in [4.69, 9.17) is 20.2 Å². The molecule has 204 valence electrons. The molecular weight excluding hydrogens is 520 g/mol. The molecule has 1 saturated carbocycles. The normalized spacial score (nSPS) is 23.5. The number of benzene rings is 1. The van der Waals surface area contributed by atoms with Gasteiger partial charge in [-0.2, -0.15) is 8.78 Å². The van der Waals surface area contributed by atoms with Crippen LogP contribution in [0.3, 0.4) is 0 Å². The van der Waals surface area contributed by atoms with Crippen molar-refractivity contribution in [1.82, 2.24) is 29.2 Å². The zero-order valence-corrected chi connectivity index (χ0v) is 21.6. The number of carbonyl (C=O) groups excluding carboxylic acids is 1. The zero-order valence-electron chi connectivity index (χ0n) is 21.6. The van der Waals surface area contributed by atoms with E-state index in [0.29, 0.717) is 34.8 Å². The quantitative estimate of drug-likeness (QED) is 0.414. The summed E-state index contributed by atoms with van der Waals surface area (Å²) in [4.78, 5) is 33.5. The molecule has 5 heterocycles. The topological polar surface area (TPSA) is 121 Å². The summed E-state index contributed by atoms with van der Waals surface area (Å²) in [7, 11) is 1.71. The first-order valence-electron chi connectivity index (χ1n) is 13.2. The minimum Gasteiger partial charge on any atom is -0.434 e. The van der Waals surface area contributed by atoms with Crippen molar-refractivity contribution in [3.8, 4) is 16.9 Å². The number of imidazole rings is 1. The molecule has 2 fully saturated rings. The van der Waals surface area contributed by atoms with Gasteiger partial charge >= 0.3 is 6.61 Å². The highest BCUT2D eigenvalue weighted by Gasteiger charge is 2.58. The molecular formula is C28H25F2N7O3. The number of nitrogens with zero attached hydrogens (tertiary/aromatic N) is 6. The first-order chi connectivity index (χ1) is 19.3. The number of amides is 1. The van der Waals surface area contributed by atoms with Gasteiger partial charge in [0.2, 0.25) is 5.78 Å². The van der Waals surface area contributed by atoms with Crippen LogP contribution >= 0.6 is 0 Å². The summed E-state index contributed by atoms with van der Waals surface area (Å²) >= 11 is 0. The standard InChI is InChI=1S/C28H25F2N7O3/c1-36-18-5-17(20-16(23(36)38)3-2-4-19(20)40-25(29)30)22-21(18)35-26-34-8-15(9-37(22)26)14-6-32-24(33-7-14)28(31)10-27(11-28)12-39-13-27/h2-4,6-9,17-18,25H,5,10-13,31H2,1H3. The molecule has 2 atom stereocenters. The average molecular weight is 546 g/mol. The molecule has 2 aliphatic carbocycles. The number of alkyl halides is 2. The Kier molecular flexibility index (Phi) is 4.77. The van der Waals surface area contributed by atoms with E-state index >= 15 is 0 Å². The summed E-state index contributed by atoms with van der Waals surface area (Å²) in [6, 6.07) is 4.38. The van der Waals surface area contributed by atoms with Gasteiger partial charge in [0.25, 0.3) is 5.91 Å². The predicted molar refractivity (Wildman–Crippen MR) is 137 cm³/mol. The van der Waals surface area contributed by atoms with Crippen LogP contribution in [0.5, 0.6) is 5.75 Å². The van der Waals surface area contributed by atoms with Gasteiger partial charge in [0.15, 0.2) is 0 Å². The Bertz CT molecular complexity index is 1690. The summed E-state index contributed by atoms with van der Waals surface area (Å²) in [5, 5.41) is 0. The Balaban J connectivity index is 1.20. The summed E-state index contributed by atoms with van der Waals surface area (Å²) in [5.74, 6) is 0.435. The van der Waals surface area contributed by atoms with Crippen LogP contribution < -0.4 is 10.5 Å². The highest BCUT2D eigenvalue weighted by atomic mass is 19.3. The summed E-state index contributed by atoms with van der Waals surface area (Å²) < 4.78 is 38.8. The van der Waals surface area contributed by atoms with Gasteiger partial charge in [-0.15, -0.1) is 0 Å². The van der Waals surface area contributed by atoms with Crippen molar-refractivity contribution < 1.29 is 23.0 Å². The number of carbonyl (C=O) groups is 1. The van der Waals surface area contributed by atoms with E-state index in [9.17, 15) is 13.6 Å². The highest BCUT2D eigenvalue weighted by molar-refractivity contribution is 5.98. The predicted octanol–water partition coefficient (Wildman–Crippen LogP) is 3.41. The van der Waals surface area contributed by atoms with E-state index in [0.717, 1.165) is 42.9 Å². The Morgan fingerprint density at radius 1 is 1.12 bits per heavy atom. The van der Waals surface area contributed by atoms with Gasteiger partial charge in [-0.1, -0.05) is 6.07 Å². The minimum absolute atomic E-state index is 0.00208. The fourth-order valence-electron chi connectivity index (χ4n) is 7.15. The van der Waals surface area contributed by atoms with Gasteiger partial charge in [0.1, 0.15) is 11.6 Å². The van der Waals surface area contributed by atoms with Crippen LogP contribution in [0.25, 0.3) is 16.9 Å². The summed E-state index contributed by atoms with van der Waals surface area (Å²) in [6.07, 6.45) is 9.24. The van der Waals surface area contributed by atoms with Gasteiger partial charge in [0, 0.05) is 65.4 Å². The van der Waals surface area contributed by atoms with Gasteiger partial charge in [0.05, 0.1) is 36.2 Å². The molecule has 12 heteroatoms. The van der Waals surface area contributed by atoms with Crippen LogP contribution in [0.2, 0.25) is 0 Å². The molecule has 1 amide bonds. The monoisotopic (exact) mass is 545 g/mol. The number of rotatable bonds is 4. The lowest BCUT2D eigenvalue weighted by Crippen LogP contribution is -2.64. The SMILES string of the molecule is CN1C(=O)c2cccc(OC(F)F)c2C2CC1c1nc3ncc(-c4cnc(C5(N)CC6(COC6)C5)nc4)cn3c12. The molecule has 3 aromatic heterocycles. The molecule has 4 aliphatic rings. The van der Waals surface area contributed by atoms with E-state index in [-0.39, 0.29) is 29.0 Å². The molecule has 1 aromatic carbocycles. The second kappa shape index (κ2) is 8.01. The van der Waals surface area contributed by atoms with Crippen LogP contribution in [0.4, 0.5) is 8.78 Å². The number of hydrogen-bond donors (Lipinski definition) is 1. The molecule has 1 spiro atoms. The number of ether oxygens (including phenoxy) is 2. The van der Waals surface area contributed by atoms with E-state index in [1.807, 2.05) is 10.6 Å². The molecule has 0 radical (unpaired) electrons. The lowest BCUT2D eigenvalue weighted by molar-refractivity contribution is -0.189. The number of hydrogen-bond acceptors (Lipinski definition) is 8. The highest BCUT2D eigenvalue weighted by Crippen LogP contribution is 2.56. The second-order valence-corrected chi connectivity index (χ2v) is 11.5. The molecule has 2 unspecified atom stereocenters. The van der Waals surface area contributed by atoms with Gasteiger partial charge < -0.3 is 20.1 Å². The second-order valence-electron chi connectivity index (χ2n) is 11.5. The Morgan fingerprint density at radius 2 is 1.88 bits per heavy atom. The molecule has 40 heavy (non-hydrogen) atoms. The van der Waals surface area contributed by atoms with Crippen LogP contribution in [-0.2, 0) is 10.3 Å². The smallest absolute Gasteiger partial charge is 0.387 e. The van der Waals surface area contributed by atoms with Crippen LogP contribution in [0.15, 0.2) is 43.0 Å². The van der Waals surface area contributed by atoms with Crippen molar-refractivity contribution in [2.75, 3.05) is 20.3 Å². The summed E-state index contributed by atoms with van der Waals surface area (Å²) in [6.45, 7) is -1.52. The van der Waals surface area contributed by atoms with Gasteiger partial charge in [-0.3, -0.25) is 9.20 Å². The van der Waals surface area contributed by atoms with E-state index in [1.54, 1.807) is 42.7 Å². The van der Waals surface area contributed by atoms with Gasteiger partial charge in [-0.25, -0.2) is 19.9 Å². The van der Waals surface area contributed by atoms with Gasteiger partial charge in [-0.05, 0) is 31.4 Å². The molecule has 10 nitrogen and oxygen atoms in total. The molecule has 1 saturated heterocycles. The number of halogens is 2. The van der Waals surface area contributed by atoms with E-state index < -0.39 is 12.2 Å². The molecule has 8 rings (SSSR count). The maximum Gasteiger partial charge on any atom is 0.387 e. The average Bonchev–Trinajstić information content (AvgIpc) is 3.43. The number of nitrogens with two attached hydrogens (primary N) is 1. The lowest BCUT2D eigenvalue weighted by atomic mass is 9.56. The fraction of sp³-hybridized carbons (Fsp3) is 0.393. The third-order valence-electron chi connectivity index (χ3n) is 8.93.